The van der Waals surface area contributed by atoms with Crippen LogP contribution >= 0.6 is 15.9 Å². The van der Waals surface area contributed by atoms with Crippen LogP contribution in [0.4, 0.5) is 0 Å². The Balaban J connectivity index is 2.11. The zero-order chi connectivity index (χ0) is 15.1. The summed E-state index contributed by atoms with van der Waals surface area (Å²) >= 11 is 3.58. The first-order valence-electron chi connectivity index (χ1n) is 6.84. The lowest BCUT2D eigenvalue weighted by atomic mass is 10.1. The first-order valence-corrected chi connectivity index (χ1v) is 7.63. The second-order valence-electron chi connectivity index (χ2n) is 4.45. The predicted molar refractivity (Wildman–Crippen MR) is 86.6 cm³/mol. The van der Waals surface area contributed by atoms with E-state index in [0.717, 1.165) is 28.1 Å². The van der Waals surface area contributed by atoms with E-state index in [1.807, 2.05) is 31.2 Å². The van der Waals surface area contributed by atoms with Crippen LogP contribution in [0.25, 0.3) is 0 Å². The monoisotopic (exact) mass is 350 g/mol. The topological polar surface area (TPSA) is 43.4 Å². The summed E-state index contributed by atoms with van der Waals surface area (Å²) in [6.07, 6.45) is 3.59. The van der Waals surface area contributed by atoms with Gasteiger partial charge in [-0.05, 0) is 36.8 Å². The van der Waals surface area contributed by atoms with Crippen molar-refractivity contribution in [3.63, 3.8) is 0 Å². The minimum Gasteiger partial charge on any atom is -0.493 e. The van der Waals surface area contributed by atoms with E-state index in [9.17, 15) is 0 Å². The first-order chi connectivity index (χ1) is 10.3. The molecule has 1 N–H and O–H groups in total. The number of hydrogen-bond donors (Lipinski definition) is 1. The van der Waals surface area contributed by atoms with Gasteiger partial charge in [0.2, 0.25) is 0 Å². The Morgan fingerprint density at radius 2 is 1.90 bits per heavy atom. The van der Waals surface area contributed by atoms with E-state index in [4.69, 9.17) is 9.47 Å². The number of pyridine rings is 1. The highest BCUT2D eigenvalue weighted by Crippen LogP contribution is 2.36. The van der Waals surface area contributed by atoms with Gasteiger partial charge in [-0.3, -0.25) is 4.98 Å². The summed E-state index contributed by atoms with van der Waals surface area (Å²) in [6.45, 7) is 4.03. The molecule has 0 amide bonds. The lowest BCUT2D eigenvalue weighted by molar-refractivity contribution is 0.306. The van der Waals surface area contributed by atoms with Gasteiger partial charge in [0.25, 0.3) is 0 Å². The molecule has 0 radical (unpaired) electrons. The van der Waals surface area contributed by atoms with Crippen LogP contribution in [0.15, 0.2) is 41.1 Å². The fourth-order valence-electron chi connectivity index (χ4n) is 2.04. The SMILES string of the molecule is CCOc1c(OC)ccc(Br)c1CNCc1ccncc1. The number of nitrogens with zero attached hydrogens (tertiary/aromatic N) is 1. The summed E-state index contributed by atoms with van der Waals surface area (Å²) in [5.74, 6) is 1.54. The highest BCUT2D eigenvalue weighted by molar-refractivity contribution is 9.10. The molecule has 0 aliphatic heterocycles. The molecule has 0 atom stereocenters. The first kappa shape index (κ1) is 15.8. The number of ether oxygens (including phenoxy) is 2. The fraction of sp³-hybridized carbons (Fsp3) is 0.312. The average molecular weight is 351 g/mol. The molecule has 0 saturated heterocycles. The molecule has 0 unspecified atom stereocenters. The molecule has 0 aliphatic carbocycles. The predicted octanol–water partition coefficient (Wildman–Crippen LogP) is 3.54. The number of aromatic nitrogens is 1. The van der Waals surface area contributed by atoms with Gasteiger partial charge in [0, 0.05) is 35.5 Å². The standard InChI is InChI=1S/C16H19BrN2O2/c1-3-21-16-13(14(17)4-5-15(16)20-2)11-19-10-12-6-8-18-9-7-12/h4-9,19H,3,10-11H2,1-2H3. The quantitative estimate of drug-likeness (QED) is 0.829. The highest BCUT2D eigenvalue weighted by Gasteiger charge is 2.13. The largest absolute Gasteiger partial charge is 0.493 e. The maximum Gasteiger partial charge on any atom is 0.166 e. The van der Waals surface area contributed by atoms with Crippen LogP contribution in [0.1, 0.15) is 18.1 Å². The van der Waals surface area contributed by atoms with E-state index in [1.54, 1.807) is 19.5 Å². The maximum atomic E-state index is 5.74. The molecule has 5 heteroatoms. The number of nitrogens with one attached hydrogen (secondary N) is 1. The molecule has 1 aromatic carbocycles. The van der Waals surface area contributed by atoms with Gasteiger partial charge in [-0.2, -0.15) is 0 Å². The molecule has 0 saturated carbocycles. The number of hydrogen-bond acceptors (Lipinski definition) is 4. The van der Waals surface area contributed by atoms with Crippen molar-refractivity contribution in [3.05, 3.63) is 52.3 Å². The molecular weight excluding hydrogens is 332 g/mol. The summed E-state index contributed by atoms with van der Waals surface area (Å²) in [4.78, 5) is 4.02. The third kappa shape index (κ3) is 4.19. The molecule has 1 aromatic heterocycles. The number of halogens is 1. The molecule has 4 nitrogen and oxygen atoms in total. The third-order valence-corrected chi connectivity index (χ3v) is 3.80. The minimum atomic E-state index is 0.601. The number of methoxy groups -OCH3 is 1. The van der Waals surface area contributed by atoms with E-state index < -0.39 is 0 Å². The number of benzene rings is 1. The zero-order valence-corrected chi connectivity index (χ0v) is 13.8. The van der Waals surface area contributed by atoms with Crippen LogP contribution in [-0.4, -0.2) is 18.7 Å². The van der Waals surface area contributed by atoms with Crippen LogP contribution in [0.2, 0.25) is 0 Å². The minimum absolute atomic E-state index is 0.601. The van der Waals surface area contributed by atoms with Gasteiger partial charge in [0.1, 0.15) is 0 Å². The normalized spacial score (nSPS) is 10.4. The lowest BCUT2D eigenvalue weighted by Gasteiger charge is -2.16. The van der Waals surface area contributed by atoms with E-state index in [-0.39, 0.29) is 0 Å². The van der Waals surface area contributed by atoms with E-state index >= 15 is 0 Å². The average Bonchev–Trinajstić information content (AvgIpc) is 2.51. The van der Waals surface area contributed by atoms with Crippen LogP contribution < -0.4 is 14.8 Å². The second-order valence-corrected chi connectivity index (χ2v) is 5.30. The molecule has 0 fully saturated rings. The van der Waals surface area contributed by atoms with Crippen molar-refractivity contribution in [2.24, 2.45) is 0 Å². The number of rotatable bonds is 7. The van der Waals surface area contributed by atoms with E-state index in [2.05, 4.69) is 26.2 Å². The Morgan fingerprint density at radius 3 is 2.57 bits per heavy atom. The van der Waals surface area contributed by atoms with Crippen LogP contribution in [0, 0.1) is 0 Å². The Bertz CT molecular complexity index is 576. The van der Waals surface area contributed by atoms with Gasteiger partial charge < -0.3 is 14.8 Å². The van der Waals surface area contributed by atoms with Crippen LogP contribution in [0.3, 0.4) is 0 Å². The summed E-state index contributed by atoms with van der Waals surface area (Å²) < 4.78 is 12.1. The van der Waals surface area contributed by atoms with Gasteiger partial charge in [-0.1, -0.05) is 15.9 Å². The van der Waals surface area contributed by atoms with Gasteiger partial charge >= 0.3 is 0 Å². The van der Waals surface area contributed by atoms with Crippen LogP contribution in [0.5, 0.6) is 11.5 Å². The summed E-state index contributed by atoms with van der Waals surface area (Å²) in [5.41, 5.74) is 2.26. The molecular formula is C16H19BrN2O2. The van der Waals surface area contributed by atoms with E-state index in [0.29, 0.717) is 13.2 Å². The van der Waals surface area contributed by atoms with Crippen molar-refractivity contribution in [1.82, 2.24) is 10.3 Å². The van der Waals surface area contributed by atoms with Crippen molar-refractivity contribution >= 4 is 15.9 Å². The van der Waals surface area contributed by atoms with Crippen molar-refractivity contribution in [2.75, 3.05) is 13.7 Å². The van der Waals surface area contributed by atoms with Crippen molar-refractivity contribution in [1.29, 1.82) is 0 Å². The van der Waals surface area contributed by atoms with Gasteiger partial charge in [0.15, 0.2) is 11.5 Å². The Labute approximate surface area is 133 Å². The molecule has 0 bridgehead atoms. The molecule has 2 aromatic rings. The van der Waals surface area contributed by atoms with Gasteiger partial charge in [-0.25, -0.2) is 0 Å². The Morgan fingerprint density at radius 1 is 1.14 bits per heavy atom. The maximum absolute atomic E-state index is 5.74. The van der Waals surface area contributed by atoms with Crippen molar-refractivity contribution < 1.29 is 9.47 Å². The molecule has 112 valence electrons. The Hall–Kier alpha value is -1.59. The summed E-state index contributed by atoms with van der Waals surface area (Å²) in [5, 5.41) is 3.42. The summed E-state index contributed by atoms with van der Waals surface area (Å²) in [7, 11) is 1.65. The molecule has 21 heavy (non-hydrogen) atoms. The highest BCUT2D eigenvalue weighted by atomic mass is 79.9. The molecule has 2 rings (SSSR count). The molecule has 1 heterocycles. The lowest BCUT2D eigenvalue weighted by Crippen LogP contribution is -2.14. The van der Waals surface area contributed by atoms with E-state index in [1.165, 1.54) is 5.56 Å². The van der Waals surface area contributed by atoms with Gasteiger partial charge in [-0.15, -0.1) is 0 Å². The smallest absolute Gasteiger partial charge is 0.166 e. The fourth-order valence-corrected chi connectivity index (χ4v) is 2.50. The van der Waals surface area contributed by atoms with Crippen LogP contribution in [-0.2, 0) is 13.1 Å². The summed E-state index contributed by atoms with van der Waals surface area (Å²) in [6, 6.07) is 7.88. The third-order valence-electron chi connectivity index (χ3n) is 3.06. The van der Waals surface area contributed by atoms with Crippen molar-refractivity contribution in [2.45, 2.75) is 20.0 Å². The Kier molecular flexibility index (Phi) is 6.02. The zero-order valence-electron chi connectivity index (χ0n) is 12.2. The van der Waals surface area contributed by atoms with Crippen molar-refractivity contribution in [3.8, 4) is 11.5 Å². The molecule has 0 spiro atoms. The second kappa shape index (κ2) is 8.00. The van der Waals surface area contributed by atoms with Gasteiger partial charge in [0.05, 0.1) is 13.7 Å². The molecule has 0 aliphatic rings.